The van der Waals surface area contributed by atoms with Gasteiger partial charge < -0.3 is 11.1 Å². The van der Waals surface area contributed by atoms with Gasteiger partial charge in [-0.1, -0.05) is 60.7 Å². The Balaban J connectivity index is 1.63. The molecule has 0 radical (unpaired) electrons. The molecular formula is C22H28N2O. The number of carbonyl (C=O) groups is 1. The topological polar surface area (TPSA) is 55.1 Å². The third-order valence-electron chi connectivity index (χ3n) is 5.00. The van der Waals surface area contributed by atoms with Crippen molar-refractivity contribution in [1.82, 2.24) is 5.32 Å². The van der Waals surface area contributed by atoms with E-state index >= 15 is 0 Å². The van der Waals surface area contributed by atoms with Crippen LogP contribution in [-0.4, -0.2) is 18.5 Å². The molecule has 1 atom stereocenters. The van der Waals surface area contributed by atoms with Crippen LogP contribution >= 0.6 is 0 Å². The van der Waals surface area contributed by atoms with Gasteiger partial charge in [0.1, 0.15) is 0 Å². The van der Waals surface area contributed by atoms with Crippen molar-refractivity contribution in [3.63, 3.8) is 0 Å². The van der Waals surface area contributed by atoms with Crippen molar-refractivity contribution in [2.75, 3.05) is 6.54 Å². The molecule has 0 aliphatic heterocycles. The quantitative estimate of drug-likeness (QED) is 0.738. The highest BCUT2D eigenvalue weighted by Gasteiger charge is 2.31. The Morgan fingerprint density at radius 2 is 1.48 bits per heavy atom. The lowest BCUT2D eigenvalue weighted by atomic mass is 9.89. The summed E-state index contributed by atoms with van der Waals surface area (Å²) in [7, 11) is 0. The summed E-state index contributed by atoms with van der Waals surface area (Å²) >= 11 is 0. The van der Waals surface area contributed by atoms with Crippen LogP contribution in [0.5, 0.6) is 0 Å². The summed E-state index contributed by atoms with van der Waals surface area (Å²) in [6.07, 6.45) is 4.77. The molecule has 0 heterocycles. The van der Waals surface area contributed by atoms with E-state index in [1.54, 1.807) is 0 Å². The number of carbonyl (C=O) groups excluding carboxylic acids is 1. The molecule has 2 aromatic rings. The molecule has 1 aliphatic rings. The van der Waals surface area contributed by atoms with Gasteiger partial charge in [-0.2, -0.15) is 0 Å². The van der Waals surface area contributed by atoms with Crippen LogP contribution in [0.1, 0.15) is 30.4 Å². The van der Waals surface area contributed by atoms with Crippen LogP contribution in [0.2, 0.25) is 0 Å². The molecule has 3 N–H and O–H groups in total. The van der Waals surface area contributed by atoms with E-state index in [-0.39, 0.29) is 11.9 Å². The first-order valence-electron chi connectivity index (χ1n) is 9.32. The normalized spacial score (nSPS) is 15.1. The molecule has 3 heteroatoms. The summed E-state index contributed by atoms with van der Waals surface area (Å²) < 4.78 is 0. The zero-order chi connectivity index (χ0) is 17.5. The van der Waals surface area contributed by atoms with E-state index < -0.39 is 0 Å². The van der Waals surface area contributed by atoms with E-state index in [1.807, 2.05) is 12.1 Å². The molecule has 0 spiro atoms. The monoisotopic (exact) mass is 336 g/mol. The number of benzene rings is 2. The van der Waals surface area contributed by atoms with E-state index in [2.05, 4.69) is 53.8 Å². The predicted molar refractivity (Wildman–Crippen MR) is 102 cm³/mol. The first-order valence-corrected chi connectivity index (χ1v) is 9.32. The van der Waals surface area contributed by atoms with Crippen LogP contribution in [0.4, 0.5) is 0 Å². The van der Waals surface area contributed by atoms with Crippen molar-refractivity contribution >= 4 is 5.91 Å². The molecule has 1 amide bonds. The van der Waals surface area contributed by atoms with Gasteiger partial charge >= 0.3 is 0 Å². The van der Waals surface area contributed by atoms with E-state index in [4.69, 9.17) is 5.73 Å². The minimum absolute atomic E-state index is 0.138. The Hall–Kier alpha value is -2.13. The molecule has 1 unspecified atom stereocenters. The average molecular weight is 336 g/mol. The van der Waals surface area contributed by atoms with Gasteiger partial charge in [-0.05, 0) is 48.6 Å². The molecule has 1 aliphatic carbocycles. The number of hydrogen-bond donors (Lipinski definition) is 2. The number of nitrogens with one attached hydrogen (secondary N) is 1. The molecule has 3 nitrogen and oxygen atoms in total. The fourth-order valence-electron chi connectivity index (χ4n) is 3.51. The van der Waals surface area contributed by atoms with Crippen LogP contribution in [0.3, 0.4) is 0 Å². The van der Waals surface area contributed by atoms with Crippen molar-refractivity contribution in [2.24, 2.45) is 17.6 Å². The molecule has 2 aromatic carbocycles. The zero-order valence-electron chi connectivity index (χ0n) is 14.7. The minimum atomic E-state index is 0.138. The van der Waals surface area contributed by atoms with Crippen molar-refractivity contribution in [2.45, 2.75) is 38.1 Å². The van der Waals surface area contributed by atoms with Crippen LogP contribution in [0.15, 0.2) is 60.7 Å². The van der Waals surface area contributed by atoms with Gasteiger partial charge in [0.25, 0.3) is 0 Å². The SMILES string of the molecule is NCC(NC(=O)CC(Cc1ccccc1)Cc1ccccc1)C1CC1. The fourth-order valence-corrected chi connectivity index (χ4v) is 3.51. The standard InChI is InChI=1S/C22H28N2O/c23-16-21(20-11-12-20)24-22(25)15-19(13-17-7-3-1-4-8-17)14-18-9-5-2-6-10-18/h1-10,19-21H,11-16,23H2,(H,24,25). The molecule has 132 valence electrons. The van der Waals surface area contributed by atoms with Gasteiger partial charge in [0.05, 0.1) is 0 Å². The predicted octanol–water partition coefficient (Wildman–Crippen LogP) is 3.33. The molecule has 0 aromatic heterocycles. The summed E-state index contributed by atoms with van der Waals surface area (Å²) in [6, 6.07) is 21.0. The van der Waals surface area contributed by atoms with Gasteiger partial charge in [-0.3, -0.25) is 4.79 Å². The fraction of sp³-hybridized carbons (Fsp3) is 0.409. The highest BCUT2D eigenvalue weighted by Crippen LogP contribution is 2.32. The Morgan fingerprint density at radius 1 is 0.960 bits per heavy atom. The highest BCUT2D eigenvalue weighted by molar-refractivity contribution is 5.76. The Labute approximate surface area is 150 Å². The molecule has 1 saturated carbocycles. The second kappa shape index (κ2) is 8.82. The van der Waals surface area contributed by atoms with Crippen molar-refractivity contribution in [3.05, 3.63) is 71.8 Å². The lowest BCUT2D eigenvalue weighted by Crippen LogP contribution is -2.42. The van der Waals surface area contributed by atoms with Crippen LogP contribution < -0.4 is 11.1 Å². The van der Waals surface area contributed by atoms with E-state index in [1.165, 1.54) is 24.0 Å². The van der Waals surface area contributed by atoms with E-state index in [9.17, 15) is 4.79 Å². The molecule has 3 rings (SSSR count). The van der Waals surface area contributed by atoms with Crippen LogP contribution in [-0.2, 0) is 17.6 Å². The summed E-state index contributed by atoms with van der Waals surface area (Å²) in [6.45, 7) is 0.540. The summed E-state index contributed by atoms with van der Waals surface area (Å²) in [5.74, 6) is 1.03. The molecule has 1 fully saturated rings. The average Bonchev–Trinajstić information content (AvgIpc) is 3.46. The van der Waals surface area contributed by atoms with Gasteiger partial charge in [0.2, 0.25) is 5.91 Å². The Kier molecular flexibility index (Phi) is 6.24. The maximum absolute atomic E-state index is 12.6. The third kappa shape index (κ3) is 5.71. The minimum Gasteiger partial charge on any atom is -0.352 e. The molecular weight excluding hydrogens is 308 g/mol. The summed E-state index contributed by atoms with van der Waals surface area (Å²) in [4.78, 5) is 12.6. The lowest BCUT2D eigenvalue weighted by Gasteiger charge is -2.20. The second-order valence-electron chi connectivity index (χ2n) is 7.20. The van der Waals surface area contributed by atoms with E-state index in [0.29, 0.717) is 24.8 Å². The second-order valence-corrected chi connectivity index (χ2v) is 7.20. The molecule has 0 saturated heterocycles. The van der Waals surface area contributed by atoms with Crippen LogP contribution in [0.25, 0.3) is 0 Å². The summed E-state index contributed by atoms with van der Waals surface area (Å²) in [5.41, 5.74) is 8.40. The number of nitrogens with two attached hydrogens (primary N) is 1. The molecule has 25 heavy (non-hydrogen) atoms. The number of rotatable bonds is 9. The van der Waals surface area contributed by atoms with Crippen LogP contribution in [0, 0.1) is 11.8 Å². The lowest BCUT2D eigenvalue weighted by molar-refractivity contribution is -0.122. The van der Waals surface area contributed by atoms with Gasteiger partial charge in [0.15, 0.2) is 0 Å². The smallest absolute Gasteiger partial charge is 0.220 e. The Bertz CT molecular complexity index is 611. The zero-order valence-corrected chi connectivity index (χ0v) is 14.7. The number of hydrogen-bond acceptors (Lipinski definition) is 2. The summed E-state index contributed by atoms with van der Waals surface area (Å²) in [5, 5.41) is 3.17. The van der Waals surface area contributed by atoms with Crippen molar-refractivity contribution in [3.8, 4) is 0 Å². The van der Waals surface area contributed by atoms with E-state index in [0.717, 1.165) is 12.8 Å². The van der Waals surface area contributed by atoms with Gasteiger partial charge in [0, 0.05) is 19.0 Å². The molecule has 0 bridgehead atoms. The number of amides is 1. The maximum Gasteiger partial charge on any atom is 0.220 e. The van der Waals surface area contributed by atoms with Crippen molar-refractivity contribution < 1.29 is 4.79 Å². The Morgan fingerprint density at radius 3 is 1.92 bits per heavy atom. The largest absolute Gasteiger partial charge is 0.352 e. The first kappa shape index (κ1) is 17.7. The third-order valence-corrected chi connectivity index (χ3v) is 5.00. The maximum atomic E-state index is 12.6. The van der Waals surface area contributed by atoms with Crippen molar-refractivity contribution in [1.29, 1.82) is 0 Å². The van der Waals surface area contributed by atoms with Gasteiger partial charge in [-0.25, -0.2) is 0 Å². The van der Waals surface area contributed by atoms with Gasteiger partial charge in [-0.15, -0.1) is 0 Å². The first-order chi connectivity index (χ1) is 12.2. The highest BCUT2D eigenvalue weighted by atomic mass is 16.1.